The number of halogens is 1. The number of aromatic amines is 2. The molecule has 0 atom stereocenters. The van der Waals surface area contributed by atoms with Gasteiger partial charge in [-0.25, -0.2) is 9.37 Å². The van der Waals surface area contributed by atoms with E-state index < -0.39 is 0 Å². The zero-order chi connectivity index (χ0) is 15.0. The Balaban J connectivity index is 2.07. The molecule has 0 bridgehead atoms. The second kappa shape index (κ2) is 5.12. The first-order chi connectivity index (χ1) is 10.0. The largest absolute Gasteiger partial charge is 0.308 e. The molecule has 3 aromatic rings. The topological polar surface area (TPSA) is 74.4 Å². The third kappa shape index (κ3) is 2.56. The molecule has 1 aromatic carbocycles. The van der Waals surface area contributed by atoms with Crippen molar-refractivity contribution in [2.45, 2.75) is 26.2 Å². The molecule has 0 saturated heterocycles. The first kappa shape index (κ1) is 13.5. The minimum Gasteiger partial charge on any atom is -0.308 e. The summed E-state index contributed by atoms with van der Waals surface area (Å²) in [7, 11) is 0. The fraction of sp³-hybridized carbons (Fsp3) is 0.267. The van der Waals surface area contributed by atoms with Crippen LogP contribution >= 0.6 is 0 Å². The third-order valence-electron chi connectivity index (χ3n) is 3.31. The fourth-order valence-corrected chi connectivity index (χ4v) is 2.30. The summed E-state index contributed by atoms with van der Waals surface area (Å²) >= 11 is 0. The van der Waals surface area contributed by atoms with Crippen molar-refractivity contribution in [3.63, 3.8) is 0 Å². The van der Waals surface area contributed by atoms with Crippen LogP contribution in [-0.4, -0.2) is 20.2 Å². The number of H-pyrrole nitrogens is 2. The second-order valence-corrected chi connectivity index (χ2v) is 5.31. The number of nitrogens with zero attached hydrogens (tertiary/aromatic N) is 2. The molecule has 0 radical (unpaired) electrons. The van der Waals surface area contributed by atoms with E-state index in [1.54, 1.807) is 12.1 Å². The molecule has 0 unspecified atom stereocenters. The van der Waals surface area contributed by atoms with Gasteiger partial charge in [-0.15, -0.1) is 0 Å². The highest BCUT2D eigenvalue weighted by atomic mass is 19.1. The maximum Gasteiger partial charge on any atom is 0.276 e. The molecular weight excluding hydrogens is 271 g/mol. The van der Waals surface area contributed by atoms with Gasteiger partial charge in [0.05, 0.1) is 5.69 Å². The van der Waals surface area contributed by atoms with Gasteiger partial charge >= 0.3 is 0 Å². The Morgan fingerprint density at radius 3 is 2.86 bits per heavy atom. The van der Waals surface area contributed by atoms with E-state index in [0.717, 1.165) is 11.3 Å². The van der Waals surface area contributed by atoms with Crippen molar-refractivity contribution < 1.29 is 4.39 Å². The third-order valence-corrected chi connectivity index (χ3v) is 3.31. The van der Waals surface area contributed by atoms with Gasteiger partial charge in [0, 0.05) is 6.42 Å². The van der Waals surface area contributed by atoms with E-state index in [9.17, 15) is 9.18 Å². The van der Waals surface area contributed by atoms with Gasteiger partial charge in [0.2, 0.25) is 0 Å². The molecular formula is C15H15FN4O. The molecule has 0 fully saturated rings. The van der Waals surface area contributed by atoms with Crippen molar-refractivity contribution in [3.05, 3.63) is 57.5 Å². The molecule has 2 heterocycles. The number of benzene rings is 1. The van der Waals surface area contributed by atoms with Crippen molar-refractivity contribution in [1.82, 2.24) is 20.2 Å². The standard InChI is InChI=1S/C15H15FN4O/c1-8(2)12-13-14(20-19-12)15(21)18-11(17-13)7-9-4-3-5-10(16)6-9/h3-6,8H,7H2,1-2H3,(H,19,20)(H,17,18,21). The van der Waals surface area contributed by atoms with Crippen molar-refractivity contribution in [2.24, 2.45) is 0 Å². The second-order valence-electron chi connectivity index (χ2n) is 5.31. The van der Waals surface area contributed by atoms with E-state index in [2.05, 4.69) is 20.2 Å². The lowest BCUT2D eigenvalue weighted by Gasteiger charge is -2.03. The van der Waals surface area contributed by atoms with Crippen molar-refractivity contribution >= 4 is 11.0 Å². The van der Waals surface area contributed by atoms with Gasteiger partial charge in [-0.1, -0.05) is 26.0 Å². The van der Waals surface area contributed by atoms with E-state index in [4.69, 9.17) is 0 Å². The zero-order valence-corrected chi connectivity index (χ0v) is 11.8. The van der Waals surface area contributed by atoms with Gasteiger partial charge in [0.15, 0.2) is 0 Å². The summed E-state index contributed by atoms with van der Waals surface area (Å²) in [6.07, 6.45) is 0.367. The number of hydrogen-bond acceptors (Lipinski definition) is 3. The Kier molecular flexibility index (Phi) is 3.29. The smallest absolute Gasteiger partial charge is 0.276 e. The lowest BCUT2D eigenvalue weighted by Crippen LogP contribution is -2.12. The SMILES string of the molecule is CC(C)c1n[nH]c2c(=O)[nH]c(Cc3cccc(F)c3)nc12. The predicted octanol–water partition coefficient (Wildman–Crippen LogP) is 2.50. The minimum absolute atomic E-state index is 0.162. The van der Waals surface area contributed by atoms with Gasteiger partial charge in [0.25, 0.3) is 5.56 Å². The van der Waals surface area contributed by atoms with Crippen LogP contribution in [0.1, 0.15) is 36.8 Å². The van der Waals surface area contributed by atoms with E-state index >= 15 is 0 Å². The quantitative estimate of drug-likeness (QED) is 0.777. The maximum atomic E-state index is 13.2. The van der Waals surface area contributed by atoms with Crippen molar-refractivity contribution in [3.8, 4) is 0 Å². The van der Waals surface area contributed by atoms with Crippen LogP contribution < -0.4 is 5.56 Å². The Bertz CT molecular complexity index is 850. The van der Waals surface area contributed by atoms with Gasteiger partial charge in [-0.2, -0.15) is 5.10 Å². The molecule has 0 spiro atoms. The summed E-state index contributed by atoms with van der Waals surface area (Å²) in [4.78, 5) is 19.2. The highest BCUT2D eigenvalue weighted by Gasteiger charge is 2.14. The van der Waals surface area contributed by atoms with Crippen LogP contribution in [0.5, 0.6) is 0 Å². The Labute approximate surface area is 120 Å². The Hall–Kier alpha value is -2.50. The molecule has 0 aliphatic rings. The molecule has 21 heavy (non-hydrogen) atoms. The summed E-state index contributed by atoms with van der Waals surface area (Å²) in [6, 6.07) is 6.25. The van der Waals surface area contributed by atoms with Crippen LogP contribution in [0.2, 0.25) is 0 Å². The Morgan fingerprint density at radius 1 is 1.33 bits per heavy atom. The number of rotatable bonds is 3. The van der Waals surface area contributed by atoms with E-state index in [-0.39, 0.29) is 17.3 Å². The molecule has 2 N–H and O–H groups in total. The summed E-state index contributed by atoms with van der Waals surface area (Å²) < 4.78 is 13.2. The normalized spacial score (nSPS) is 11.4. The molecule has 0 amide bonds. The van der Waals surface area contributed by atoms with Crippen LogP contribution in [0.25, 0.3) is 11.0 Å². The molecule has 0 aliphatic heterocycles. The Morgan fingerprint density at radius 2 is 2.14 bits per heavy atom. The molecule has 0 saturated carbocycles. The highest BCUT2D eigenvalue weighted by Crippen LogP contribution is 2.19. The number of aromatic nitrogens is 4. The van der Waals surface area contributed by atoms with E-state index in [1.165, 1.54) is 12.1 Å². The van der Waals surface area contributed by atoms with Gasteiger partial charge in [-0.05, 0) is 23.6 Å². The number of fused-ring (bicyclic) bond motifs is 1. The average molecular weight is 286 g/mol. The molecule has 6 heteroatoms. The molecule has 0 aliphatic carbocycles. The van der Waals surface area contributed by atoms with Crippen LogP contribution in [0, 0.1) is 5.82 Å². The fourth-order valence-electron chi connectivity index (χ4n) is 2.30. The number of nitrogens with one attached hydrogen (secondary N) is 2. The van der Waals surface area contributed by atoms with Crippen molar-refractivity contribution in [2.75, 3.05) is 0 Å². The molecule has 3 rings (SSSR count). The number of hydrogen-bond donors (Lipinski definition) is 2. The van der Waals surface area contributed by atoms with Crippen LogP contribution in [0.3, 0.4) is 0 Å². The predicted molar refractivity (Wildman–Crippen MR) is 77.8 cm³/mol. The van der Waals surface area contributed by atoms with E-state index in [0.29, 0.717) is 23.3 Å². The molecule has 5 nitrogen and oxygen atoms in total. The van der Waals surface area contributed by atoms with Gasteiger partial charge in [0.1, 0.15) is 22.7 Å². The van der Waals surface area contributed by atoms with Crippen LogP contribution in [0.4, 0.5) is 4.39 Å². The maximum absolute atomic E-state index is 13.2. The summed E-state index contributed by atoms with van der Waals surface area (Å²) in [6.45, 7) is 3.98. The summed E-state index contributed by atoms with van der Waals surface area (Å²) in [5.41, 5.74) is 2.22. The van der Waals surface area contributed by atoms with Gasteiger partial charge < -0.3 is 4.98 Å². The molecule has 2 aromatic heterocycles. The lowest BCUT2D eigenvalue weighted by molar-refractivity contribution is 0.626. The minimum atomic E-state index is -0.304. The lowest BCUT2D eigenvalue weighted by atomic mass is 10.1. The van der Waals surface area contributed by atoms with Crippen LogP contribution in [-0.2, 0) is 6.42 Å². The molecule has 108 valence electrons. The average Bonchev–Trinajstić information content (AvgIpc) is 2.83. The highest BCUT2D eigenvalue weighted by molar-refractivity contribution is 5.76. The van der Waals surface area contributed by atoms with Crippen LogP contribution in [0.15, 0.2) is 29.1 Å². The monoisotopic (exact) mass is 286 g/mol. The first-order valence-electron chi connectivity index (χ1n) is 6.76. The summed E-state index contributed by atoms with van der Waals surface area (Å²) in [5.74, 6) is 0.360. The van der Waals surface area contributed by atoms with E-state index in [1.807, 2.05) is 13.8 Å². The van der Waals surface area contributed by atoms with Gasteiger partial charge in [-0.3, -0.25) is 9.89 Å². The zero-order valence-electron chi connectivity index (χ0n) is 11.8. The van der Waals surface area contributed by atoms with Crippen molar-refractivity contribution in [1.29, 1.82) is 0 Å². The summed E-state index contributed by atoms with van der Waals surface area (Å²) in [5, 5.41) is 6.87. The first-order valence-corrected chi connectivity index (χ1v) is 6.76.